The lowest BCUT2D eigenvalue weighted by molar-refractivity contribution is -0.114. The summed E-state index contributed by atoms with van der Waals surface area (Å²) in [6, 6.07) is 16.8. The van der Waals surface area contributed by atoms with Crippen molar-refractivity contribution in [3.05, 3.63) is 54.6 Å². The minimum Gasteiger partial charge on any atom is -0.497 e. The molecule has 0 aliphatic heterocycles. The Morgan fingerprint density at radius 3 is 2.40 bits per heavy atom. The van der Waals surface area contributed by atoms with E-state index in [4.69, 9.17) is 18.6 Å². The molecule has 30 heavy (non-hydrogen) atoms. The van der Waals surface area contributed by atoms with E-state index in [2.05, 4.69) is 10.6 Å². The molecule has 154 valence electrons. The highest BCUT2D eigenvalue weighted by Crippen LogP contribution is 2.36. The van der Waals surface area contributed by atoms with Gasteiger partial charge in [0.05, 0.1) is 39.2 Å². The van der Waals surface area contributed by atoms with Gasteiger partial charge >= 0.3 is 0 Å². The van der Waals surface area contributed by atoms with Crippen molar-refractivity contribution < 1.29 is 23.4 Å². The lowest BCUT2D eigenvalue weighted by Gasteiger charge is -2.14. The molecule has 3 aromatic carbocycles. The first kappa shape index (κ1) is 19.4. The second-order valence-electron chi connectivity index (χ2n) is 6.61. The zero-order chi connectivity index (χ0) is 21.1. The third-order valence-electron chi connectivity index (χ3n) is 4.82. The van der Waals surface area contributed by atoms with E-state index >= 15 is 0 Å². The predicted molar refractivity (Wildman–Crippen MR) is 117 cm³/mol. The summed E-state index contributed by atoms with van der Waals surface area (Å²) in [7, 11) is 4.70. The van der Waals surface area contributed by atoms with Gasteiger partial charge in [0.25, 0.3) is 0 Å². The molecule has 4 rings (SSSR count). The first-order valence-electron chi connectivity index (χ1n) is 9.38. The molecule has 0 saturated heterocycles. The molecule has 1 aromatic heterocycles. The van der Waals surface area contributed by atoms with E-state index in [0.717, 1.165) is 21.9 Å². The Morgan fingerprint density at radius 2 is 1.63 bits per heavy atom. The lowest BCUT2D eigenvalue weighted by Crippen LogP contribution is -2.22. The van der Waals surface area contributed by atoms with Gasteiger partial charge in [0.1, 0.15) is 28.4 Å². The number of carbonyl (C=O) groups excluding carboxylic acids is 1. The minimum atomic E-state index is -0.242. The number of para-hydroxylation sites is 1. The maximum atomic E-state index is 12.5. The van der Waals surface area contributed by atoms with Gasteiger partial charge in [-0.1, -0.05) is 18.2 Å². The first-order valence-corrected chi connectivity index (χ1v) is 9.38. The van der Waals surface area contributed by atoms with Gasteiger partial charge in [0.15, 0.2) is 0 Å². The molecule has 4 aromatic rings. The zero-order valence-corrected chi connectivity index (χ0v) is 16.9. The highest BCUT2D eigenvalue weighted by atomic mass is 16.5. The number of nitrogens with one attached hydrogen (secondary N) is 2. The van der Waals surface area contributed by atoms with Crippen LogP contribution in [0.1, 0.15) is 0 Å². The molecule has 0 aliphatic rings. The van der Waals surface area contributed by atoms with E-state index in [1.807, 2.05) is 36.4 Å². The van der Waals surface area contributed by atoms with Crippen LogP contribution >= 0.6 is 0 Å². The lowest BCUT2D eigenvalue weighted by atomic mass is 10.1. The van der Waals surface area contributed by atoms with E-state index in [9.17, 15) is 4.79 Å². The highest BCUT2D eigenvalue weighted by Gasteiger charge is 2.14. The number of amides is 1. The van der Waals surface area contributed by atoms with Gasteiger partial charge in [-0.2, -0.15) is 0 Å². The van der Waals surface area contributed by atoms with Gasteiger partial charge in [-0.05, 0) is 24.3 Å². The third kappa shape index (κ3) is 3.69. The number of hydrogen-bond donors (Lipinski definition) is 2. The quantitative estimate of drug-likeness (QED) is 0.464. The van der Waals surface area contributed by atoms with E-state index in [1.165, 1.54) is 0 Å². The van der Waals surface area contributed by atoms with Crippen LogP contribution in [0.3, 0.4) is 0 Å². The van der Waals surface area contributed by atoms with Crippen LogP contribution in [0, 0.1) is 0 Å². The van der Waals surface area contributed by atoms with Crippen LogP contribution in [-0.4, -0.2) is 33.8 Å². The maximum absolute atomic E-state index is 12.5. The van der Waals surface area contributed by atoms with Crippen molar-refractivity contribution in [2.24, 2.45) is 0 Å². The molecule has 7 nitrogen and oxygen atoms in total. The van der Waals surface area contributed by atoms with Gasteiger partial charge in [-0.3, -0.25) is 4.79 Å². The van der Waals surface area contributed by atoms with Gasteiger partial charge in [-0.25, -0.2) is 0 Å². The van der Waals surface area contributed by atoms with Gasteiger partial charge in [-0.15, -0.1) is 0 Å². The molecule has 1 amide bonds. The fraction of sp³-hybridized carbons (Fsp3) is 0.174. The van der Waals surface area contributed by atoms with Gasteiger partial charge in [0.2, 0.25) is 5.91 Å². The number of carbonyl (C=O) groups is 1. The standard InChI is InChI=1S/C23H22N2O5/c1-27-14-8-9-20(28-2)18(10-14)25-23(26)13-24-17-12-21-16(11-22(17)29-3)15-6-4-5-7-19(15)30-21/h4-12,24H,13H2,1-3H3,(H,25,26). The maximum Gasteiger partial charge on any atom is 0.243 e. The van der Waals surface area contributed by atoms with Crippen molar-refractivity contribution >= 4 is 39.2 Å². The number of benzene rings is 3. The van der Waals surface area contributed by atoms with Crippen LogP contribution in [0.25, 0.3) is 21.9 Å². The summed E-state index contributed by atoms with van der Waals surface area (Å²) < 4.78 is 22.0. The number of anilines is 2. The third-order valence-corrected chi connectivity index (χ3v) is 4.82. The van der Waals surface area contributed by atoms with Crippen LogP contribution in [-0.2, 0) is 4.79 Å². The molecule has 7 heteroatoms. The minimum absolute atomic E-state index is 0.0302. The van der Waals surface area contributed by atoms with Crippen molar-refractivity contribution in [2.75, 3.05) is 38.5 Å². The smallest absolute Gasteiger partial charge is 0.243 e. The Balaban J connectivity index is 1.54. The van der Waals surface area contributed by atoms with E-state index in [0.29, 0.717) is 28.6 Å². The highest BCUT2D eigenvalue weighted by molar-refractivity contribution is 6.07. The number of ether oxygens (including phenoxy) is 3. The van der Waals surface area contributed by atoms with E-state index in [1.54, 1.807) is 39.5 Å². The molecule has 0 atom stereocenters. The summed E-state index contributed by atoms with van der Waals surface area (Å²) in [5, 5.41) is 7.92. The molecular weight excluding hydrogens is 384 g/mol. The molecule has 0 aliphatic carbocycles. The number of methoxy groups -OCH3 is 3. The van der Waals surface area contributed by atoms with Gasteiger partial charge in [0, 0.05) is 22.9 Å². The fourth-order valence-corrected chi connectivity index (χ4v) is 3.34. The Labute approximate surface area is 173 Å². The molecule has 1 heterocycles. The van der Waals surface area contributed by atoms with Crippen molar-refractivity contribution in [3.8, 4) is 17.2 Å². The number of rotatable bonds is 7. The molecule has 0 saturated carbocycles. The molecule has 0 spiro atoms. The van der Waals surface area contributed by atoms with Crippen LogP contribution in [0.2, 0.25) is 0 Å². The fourth-order valence-electron chi connectivity index (χ4n) is 3.34. The summed E-state index contributed by atoms with van der Waals surface area (Å²) >= 11 is 0. The van der Waals surface area contributed by atoms with Crippen molar-refractivity contribution in [2.45, 2.75) is 0 Å². The summed E-state index contributed by atoms with van der Waals surface area (Å²) in [5.74, 6) is 1.55. The molecule has 2 N–H and O–H groups in total. The molecule has 0 radical (unpaired) electrons. The summed E-state index contributed by atoms with van der Waals surface area (Å²) in [6.45, 7) is 0.0302. The number of hydrogen-bond acceptors (Lipinski definition) is 6. The van der Waals surface area contributed by atoms with Crippen LogP contribution in [0.4, 0.5) is 11.4 Å². The first-order chi connectivity index (χ1) is 14.6. The van der Waals surface area contributed by atoms with Crippen molar-refractivity contribution in [3.63, 3.8) is 0 Å². The van der Waals surface area contributed by atoms with Crippen molar-refractivity contribution in [1.29, 1.82) is 0 Å². The van der Waals surface area contributed by atoms with Crippen LogP contribution in [0.15, 0.2) is 59.0 Å². The van der Waals surface area contributed by atoms with Crippen LogP contribution < -0.4 is 24.8 Å². The normalized spacial score (nSPS) is 10.8. The van der Waals surface area contributed by atoms with Gasteiger partial charge < -0.3 is 29.3 Å². The number of furan rings is 1. The van der Waals surface area contributed by atoms with Crippen molar-refractivity contribution in [1.82, 2.24) is 0 Å². The Morgan fingerprint density at radius 1 is 0.833 bits per heavy atom. The molecular formula is C23H22N2O5. The van der Waals surface area contributed by atoms with E-state index < -0.39 is 0 Å². The average molecular weight is 406 g/mol. The second kappa shape index (κ2) is 8.24. The molecule has 0 unspecified atom stereocenters. The largest absolute Gasteiger partial charge is 0.497 e. The SMILES string of the molecule is COc1ccc(OC)c(NC(=O)CNc2cc3oc4ccccc4c3cc2OC)c1. The summed E-state index contributed by atoms with van der Waals surface area (Å²) in [5.41, 5.74) is 2.71. The summed E-state index contributed by atoms with van der Waals surface area (Å²) in [4.78, 5) is 12.5. The predicted octanol–water partition coefficient (Wildman–Crippen LogP) is 4.66. The Kier molecular flexibility index (Phi) is 5.34. The summed E-state index contributed by atoms with van der Waals surface area (Å²) in [6.07, 6.45) is 0. The van der Waals surface area contributed by atoms with Crippen LogP contribution in [0.5, 0.6) is 17.2 Å². The molecule has 0 bridgehead atoms. The number of fused-ring (bicyclic) bond motifs is 3. The zero-order valence-electron chi connectivity index (χ0n) is 16.9. The monoisotopic (exact) mass is 406 g/mol. The Hall–Kier alpha value is -3.87. The average Bonchev–Trinajstić information content (AvgIpc) is 3.14. The van der Waals surface area contributed by atoms with E-state index in [-0.39, 0.29) is 12.5 Å². The molecule has 0 fully saturated rings. The second-order valence-corrected chi connectivity index (χ2v) is 6.61. The topological polar surface area (TPSA) is 82.0 Å². The Bertz CT molecular complexity index is 1220.